The molecule has 0 aliphatic heterocycles. The Morgan fingerprint density at radius 1 is 1.35 bits per heavy atom. The molecule has 3 nitrogen and oxygen atoms in total. The second-order valence-corrected chi connectivity index (χ2v) is 4.50. The second kappa shape index (κ2) is 5.82. The standard InChI is InChI=1S/C14H21NO2/c1-9(15)5-7-13(16)12-6-8-14(17-4)11(3)10(12)2/h6,8-9H,5,7,15H2,1-4H3. The van der Waals surface area contributed by atoms with Gasteiger partial charge >= 0.3 is 0 Å². The first-order valence-corrected chi connectivity index (χ1v) is 5.90. The molecule has 17 heavy (non-hydrogen) atoms. The summed E-state index contributed by atoms with van der Waals surface area (Å²) in [4.78, 5) is 12.0. The summed E-state index contributed by atoms with van der Waals surface area (Å²) < 4.78 is 5.23. The fourth-order valence-corrected chi connectivity index (χ4v) is 1.81. The molecule has 2 N–H and O–H groups in total. The molecule has 0 aliphatic carbocycles. The lowest BCUT2D eigenvalue weighted by molar-refractivity contribution is 0.0977. The molecule has 3 heteroatoms. The lowest BCUT2D eigenvalue weighted by Crippen LogP contribution is -2.16. The minimum absolute atomic E-state index is 0.0681. The number of Topliss-reactive ketones (excluding diaryl/α,β-unsaturated/α-hetero) is 1. The van der Waals surface area contributed by atoms with Gasteiger partial charge in [-0.25, -0.2) is 0 Å². The number of rotatable bonds is 5. The van der Waals surface area contributed by atoms with E-state index in [2.05, 4.69) is 0 Å². The number of ether oxygens (including phenoxy) is 1. The van der Waals surface area contributed by atoms with Gasteiger partial charge in [0.15, 0.2) is 5.78 Å². The monoisotopic (exact) mass is 235 g/mol. The van der Waals surface area contributed by atoms with Crippen LogP contribution >= 0.6 is 0 Å². The zero-order valence-electron chi connectivity index (χ0n) is 11.0. The van der Waals surface area contributed by atoms with E-state index in [9.17, 15) is 4.79 Å². The third kappa shape index (κ3) is 3.30. The number of carbonyl (C=O) groups excluding carboxylic acids is 1. The highest BCUT2D eigenvalue weighted by Gasteiger charge is 2.13. The summed E-state index contributed by atoms with van der Waals surface area (Å²) in [5, 5.41) is 0. The van der Waals surface area contributed by atoms with Crippen molar-refractivity contribution in [3.05, 3.63) is 28.8 Å². The van der Waals surface area contributed by atoms with Gasteiger partial charge in [-0.15, -0.1) is 0 Å². The average molecular weight is 235 g/mol. The maximum absolute atomic E-state index is 12.0. The van der Waals surface area contributed by atoms with Crippen molar-refractivity contribution < 1.29 is 9.53 Å². The van der Waals surface area contributed by atoms with Crippen LogP contribution in [-0.4, -0.2) is 18.9 Å². The number of hydrogen-bond acceptors (Lipinski definition) is 3. The van der Waals surface area contributed by atoms with Crippen LogP contribution in [0.3, 0.4) is 0 Å². The largest absolute Gasteiger partial charge is 0.496 e. The predicted molar refractivity (Wildman–Crippen MR) is 69.7 cm³/mol. The highest BCUT2D eigenvalue weighted by Crippen LogP contribution is 2.24. The van der Waals surface area contributed by atoms with Crippen molar-refractivity contribution in [3.63, 3.8) is 0 Å². The summed E-state index contributed by atoms with van der Waals surface area (Å²) in [5.74, 6) is 0.983. The maximum atomic E-state index is 12.0. The zero-order chi connectivity index (χ0) is 13.0. The topological polar surface area (TPSA) is 52.3 Å². The highest BCUT2D eigenvalue weighted by molar-refractivity contribution is 5.98. The number of nitrogens with two attached hydrogens (primary N) is 1. The average Bonchev–Trinajstić information content (AvgIpc) is 2.29. The number of carbonyl (C=O) groups is 1. The fourth-order valence-electron chi connectivity index (χ4n) is 1.81. The van der Waals surface area contributed by atoms with E-state index in [1.807, 2.05) is 32.9 Å². The molecule has 0 saturated carbocycles. The molecule has 0 fully saturated rings. The predicted octanol–water partition coefficient (Wildman–Crippen LogP) is 2.62. The molecule has 1 aromatic rings. The van der Waals surface area contributed by atoms with Crippen LogP contribution in [0.4, 0.5) is 0 Å². The molecule has 0 saturated heterocycles. The molecule has 1 atom stereocenters. The van der Waals surface area contributed by atoms with Gasteiger partial charge in [0.05, 0.1) is 7.11 Å². The van der Waals surface area contributed by atoms with Gasteiger partial charge in [-0.3, -0.25) is 4.79 Å². The fraction of sp³-hybridized carbons (Fsp3) is 0.500. The first-order chi connectivity index (χ1) is 7.97. The van der Waals surface area contributed by atoms with Crippen LogP contribution in [0.25, 0.3) is 0 Å². The lowest BCUT2D eigenvalue weighted by Gasteiger charge is -2.12. The molecule has 0 radical (unpaired) electrons. The molecule has 1 unspecified atom stereocenters. The minimum atomic E-state index is 0.0681. The van der Waals surface area contributed by atoms with E-state index in [1.54, 1.807) is 7.11 Å². The summed E-state index contributed by atoms with van der Waals surface area (Å²) >= 11 is 0. The van der Waals surface area contributed by atoms with Gasteiger partial charge in [-0.2, -0.15) is 0 Å². The molecular formula is C14H21NO2. The third-order valence-corrected chi connectivity index (χ3v) is 3.08. The molecule has 0 aromatic heterocycles. The van der Waals surface area contributed by atoms with Gasteiger partial charge in [0.25, 0.3) is 0 Å². The molecule has 0 amide bonds. The van der Waals surface area contributed by atoms with Crippen LogP contribution in [0.2, 0.25) is 0 Å². The van der Waals surface area contributed by atoms with E-state index in [4.69, 9.17) is 10.5 Å². The van der Waals surface area contributed by atoms with Crippen LogP contribution in [0.5, 0.6) is 5.75 Å². The van der Waals surface area contributed by atoms with Crippen molar-refractivity contribution in [2.75, 3.05) is 7.11 Å². The smallest absolute Gasteiger partial charge is 0.163 e. The number of ketones is 1. The van der Waals surface area contributed by atoms with Gasteiger partial charge in [0.2, 0.25) is 0 Å². The highest BCUT2D eigenvalue weighted by atomic mass is 16.5. The molecular weight excluding hydrogens is 214 g/mol. The number of hydrogen-bond donors (Lipinski definition) is 1. The first-order valence-electron chi connectivity index (χ1n) is 5.90. The molecule has 1 rings (SSSR count). The van der Waals surface area contributed by atoms with Crippen molar-refractivity contribution in [1.82, 2.24) is 0 Å². The van der Waals surface area contributed by atoms with Crippen LogP contribution in [0.15, 0.2) is 12.1 Å². The Kier molecular flexibility index (Phi) is 4.70. The van der Waals surface area contributed by atoms with Crippen LogP contribution in [0.1, 0.15) is 41.3 Å². The third-order valence-electron chi connectivity index (χ3n) is 3.08. The maximum Gasteiger partial charge on any atom is 0.163 e. The lowest BCUT2D eigenvalue weighted by atomic mass is 9.96. The molecule has 0 spiro atoms. The van der Waals surface area contributed by atoms with Crippen molar-refractivity contribution >= 4 is 5.78 Å². The molecule has 0 heterocycles. The van der Waals surface area contributed by atoms with Crippen LogP contribution < -0.4 is 10.5 Å². The van der Waals surface area contributed by atoms with E-state index >= 15 is 0 Å². The molecule has 0 aliphatic rings. The normalized spacial score (nSPS) is 12.3. The Labute approximate surface area is 103 Å². The quantitative estimate of drug-likeness (QED) is 0.798. The minimum Gasteiger partial charge on any atom is -0.496 e. The first kappa shape index (κ1) is 13.7. The summed E-state index contributed by atoms with van der Waals surface area (Å²) in [6.45, 7) is 5.84. The molecule has 0 bridgehead atoms. The van der Waals surface area contributed by atoms with E-state index in [0.717, 1.165) is 28.9 Å². The Morgan fingerprint density at radius 3 is 2.53 bits per heavy atom. The van der Waals surface area contributed by atoms with E-state index in [1.165, 1.54) is 0 Å². The van der Waals surface area contributed by atoms with Crippen LogP contribution in [-0.2, 0) is 0 Å². The number of benzene rings is 1. The van der Waals surface area contributed by atoms with Crippen molar-refractivity contribution in [3.8, 4) is 5.75 Å². The van der Waals surface area contributed by atoms with Crippen molar-refractivity contribution in [2.45, 2.75) is 39.7 Å². The van der Waals surface area contributed by atoms with Crippen molar-refractivity contribution in [1.29, 1.82) is 0 Å². The summed E-state index contributed by atoms with van der Waals surface area (Å²) in [7, 11) is 1.64. The summed E-state index contributed by atoms with van der Waals surface area (Å²) in [6, 6.07) is 3.75. The second-order valence-electron chi connectivity index (χ2n) is 4.50. The Hall–Kier alpha value is -1.35. The Bertz CT molecular complexity index is 411. The van der Waals surface area contributed by atoms with E-state index in [-0.39, 0.29) is 11.8 Å². The van der Waals surface area contributed by atoms with Gasteiger partial charge in [0, 0.05) is 18.0 Å². The van der Waals surface area contributed by atoms with Gasteiger partial charge in [-0.1, -0.05) is 0 Å². The zero-order valence-corrected chi connectivity index (χ0v) is 11.0. The number of methoxy groups -OCH3 is 1. The van der Waals surface area contributed by atoms with Gasteiger partial charge in [0.1, 0.15) is 5.75 Å². The van der Waals surface area contributed by atoms with Crippen molar-refractivity contribution in [2.24, 2.45) is 5.73 Å². The Balaban J connectivity index is 2.92. The van der Waals surface area contributed by atoms with E-state index < -0.39 is 0 Å². The SMILES string of the molecule is COc1ccc(C(=O)CCC(C)N)c(C)c1C. The van der Waals surface area contributed by atoms with Crippen LogP contribution in [0, 0.1) is 13.8 Å². The van der Waals surface area contributed by atoms with E-state index in [0.29, 0.717) is 6.42 Å². The Morgan fingerprint density at radius 2 is 2.00 bits per heavy atom. The molecule has 1 aromatic carbocycles. The summed E-state index contributed by atoms with van der Waals surface area (Å²) in [6.07, 6.45) is 1.23. The van der Waals surface area contributed by atoms with Gasteiger partial charge < -0.3 is 10.5 Å². The van der Waals surface area contributed by atoms with Gasteiger partial charge in [-0.05, 0) is 50.5 Å². The molecule has 94 valence electrons. The summed E-state index contributed by atoms with van der Waals surface area (Å²) in [5.41, 5.74) is 8.47.